The third-order valence-electron chi connectivity index (χ3n) is 7.61. The van der Waals surface area contributed by atoms with Crippen LogP contribution in [0.25, 0.3) is 6.08 Å². The summed E-state index contributed by atoms with van der Waals surface area (Å²) in [5.41, 5.74) is 3.89. The van der Waals surface area contributed by atoms with Crippen LogP contribution in [0.3, 0.4) is 0 Å². The van der Waals surface area contributed by atoms with Gasteiger partial charge in [-0.1, -0.05) is 41.9 Å². The van der Waals surface area contributed by atoms with Crippen molar-refractivity contribution in [3.63, 3.8) is 0 Å². The van der Waals surface area contributed by atoms with Gasteiger partial charge in [0.25, 0.3) is 5.69 Å². The normalized spacial score (nSPS) is 22.9. The van der Waals surface area contributed by atoms with Crippen molar-refractivity contribution in [2.75, 3.05) is 10.2 Å². The first-order valence-electron chi connectivity index (χ1n) is 12.4. The van der Waals surface area contributed by atoms with Gasteiger partial charge in [0, 0.05) is 18.0 Å². The molecule has 3 heterocycles. The van der Waals surface area contributed by atoms with Crippen LogP contribution in [0.2, 0.25) is 5.02 Å². The summed E-state index contributed by atoms with van der Waals surface area (Å²) >= 11 is 5.94. The molecule has 0 bridgehead atoms. The van der Waals surface area contributed by atoms with E-state index in [0.717, 1.165) is 22.3 Å². The van der Waals surface area contributed by atoms with Crippen molar-refractivity contribution in [3.05, 3.63) is 104 Å². The van der Waals surface area contributed by atoms with Gasteiger partial charge in [0.2, 0.25) is 17.7 Å². The molecule has 3 aromatic carbocycles. The molecule has 196 valence electrons. The van der Waals surface area contributed by atoms with Gasteiger partial charge < -0.3 is 10.2 Å². The molecule has 3 aromatic rings. The first kappa shape index (κ1) is 24.8. The van der Waals surface area contributed by atoms with Gasteiger partial charge in [-0.05, 0) is 66.4 Å². The third-order valence-corrected chi connectivity index (χ3v) is 7.92. The van der Waals surface area contributed by atoms with Crippen LogP contribution in [-0.4, -0.2) is 33.6 Å². The number of rotatable bonds is 4. The number of nitro benzene ring substituents is 1. The highest BCUT2D eigenvalue weighted by atomic mass is 35.5. The Hall–Kier alpha value is -4.50. The van der Waals surface area contributed by atoms with E-state index < -0.39 is 40.7 Å². The molecular weight excluding hydrogens is 520 g/mol. The zero-order chi connectivity index (χ0) is 27.6. The summed E-state index contributed by atoms with van der Waals surface area (Å²) in [6.07, 6.45) is 3.61. The van der Waals surface area contributed by atoms with E-state index in [-0.39, 0.29) is 22.3 Å². The number of hydrogen-bond acceptors (Lipinski definition) is 6. The van der Waals surface area contributed by atoms with E-state index in [2.05, 4.69) is 5.32 Å². The topological polar surface area (TPSA) is 113 Å². The molecule has 10 heteroatoms. The number of carbonyl (C=O) groups excluding carboxylic acids is 3. The maximum atomic E-state index is 14.0. The molecule has 0 spiro atoms. The van der Waals surface area contributed by atoms with Crippen molar-refractivity contribution in [3.8, 4) is 0 Å². The lowest BCUT2D eigenvalue weighted by molar-refractivity contribution is -0.384. The quantitative estimate of drug-likeness (QED) is 0.281. The van der Waals surface area contributed by atoms with Gasteiger partial charge in [-0.2, -0.15) is 0 Å². The number of amides is 3. The Morgan fingerprint density at radius 2 is 1.67 bits per heavy atom. The predicted molar refractivity (Wildman–Crippen MR) is 146 cm³/mol. The predicted octanol–water partition coefficient (Wildman–Crippen LogP) is 5.02. The third kappa shape index (κ3) is 3.88. The van der Waals surface area contributed by atoms with Crippen LogP contribution in [-0.2, 0) is 14.4 Å². The second-order valence-electron chi connectivity index (χ2n) is 10.1. The van der Waals surface area contributed by atoms with E-state index in [0.29, 0.717) is 5.69 Å². The first-order chi connectivity index (χ1) is 18.7. The minimum absolute atomic E-state index is 0.0600. The molecule has 0 saturated carbocycles. The molecule has 6 rings (SSSR count). The molecule has 3 amide bonds. The number of fused-ring (bicyclic) bond motifs is 5. The standard InChI is InChI=1S/C29H23ClN4O5/c1-15-11-16(2)13-19(12-15)33-28(36)23-24(29(33)37)26(32-10-9-17-5-3-4-6-20(17)25(23)32)27(35)31-18-7-8-21(30)22(14-18)34(38)39/h3-14,23-26H,1-2H3,(H,31,35)/t23-,24+,25?,26-/m0/s1. The molecule has 9 nitrogen and oxygen atoms in total. The minimum Gasteiger partial charge on any atom is -0.357 e. The SMILES string of the molecule is Cc1cc(C)cc(N2C(=O)[C@@H]3[C@H](C2=O)C2c4ccccc4C=CN2[C@@H]3C(=O)Nc2ccc(Cl)c([N+](=O)[O-])c2)c1. The highest BCUT2D eigenvalue weighted by Gasteiger charge is 2.64. The molecule has 0 aliphatic carbocycles. The maximum Gasteiger partial charge on any atom is 0.289 e. The molecule has 0 aromatic heterocycles. The molecule has 4 atom stereocenters. The molecule has 39 heavy (non-hydrogen) atoms. The average molecular weight is 543 g/mol. The van der Waals surface area contributed by atoms with Crippen molar-refractivity contribution < 1.29 is 19.3 Å². The average Bonchev–Trinajstić information content (AvgIpc) is 3.37. The fraction of sp³-hybridized carbons (Fsp3) is 0.207. The number of nitro groups is 1. The van der Waals surface area contributed by atoms with Crippen molar-refractivity contribution in [1.82, 2.24) is 4.90 Å². The number of carbonyl (C=O) groups is 3. The molecule has 1 N–H and O–H groups in total. The molecule has 3 aliphatic rings. The van der Waals surface area contributed by atoms with E-state index >= 15 is 0 Å². The first-order valence-corrected chi connectivity index (χ1v) is 12.8. The van der Waals surface area contributed by atoms with Crippen molar-refractivity contribution in [1.29, 1.82) is 0 Å². The number of benzene rings is 3. The number of halogens is 1. The summed E-state index contributed by atoms with van der Waals surface area (Å²) in [5.74, 6) is -3.09. The van der Waals surface area contributed by atoms with Gasteiger partial charge >= 0.3 is 0 Å². The Kier molecular flexibility index (Phi) is 5.76. The number of aryl methyl sites for hydroxylation is 2. The summed E-state index contributed by atoms with van der Waals surface area (Å²) in [7, 11) is 0. The van der Waals surface area contributed by atoms with Crippen LogP contribution in [0.15, 0.2) is 66.9 Å². The highest BCUT2D eigenvalue weighted by Crippen LogP contribution is 2.53. The summed E-state index contributed by atoms with van der Waals surface area (Å²) in [6, 6.07) is 15.6. The maximum absolute atomic E-state index is 14.0. The summed E-state index contributed by atoms with van der Waals surface area (Å²) < 4.78 is 0. The van der Waals surface area contributed by atoms with E-state index in [9.17, 15) is 24.5 Å². The summed E-state index contributed by atoms with van der Waals surface area (Å²) in [6.45, 7) is 3.79. The van der Waals surface area contributed by atoms with Gasteiger partial charge in [0.15, 0.2) is 0 Å². The monoisotopic (exact) mass is 542 g/mol. The molecular formula is C29H23ClN4O5. The largest absolute Gasteiger partial charge is 0.357 e. The molecule has 2 saturated heterocycles. The summed E-state index contributed by atoms with van der Waals surface area (Å²) in [5, 5.41) is 14.0. The van der Waals surface area contributed by atoms with Crippen LogP contribution >= 0.6 is 11.6 Å². The fourth-order valence-electron chi connectivity index (χ4n) is 6.14. The highest BCUT2D eigenvalue weighted by molar-refractivity contribution is 6.32. The molecule has 0 radical (unpaired) electrons. The molecule has 3 aliphatic heterocycles. The number of hydrogen-bond donors (Lipinski definition) is 1. The zero-order valence-corrected chi connectivity index (χ0v) is 21.8. The lowest BCUT2D eigenvalue weighted by atomic mass is 9.84. The number of anilines is 2. The van der Waals surface area contributed by atoms with E-state index in [1.165, 1.54) is 23.1 Å². The van der Waals surface area contributed by atoms with Crippen LogP contribution in [0.1, 0.15) is 28.3 Å². The smallest absolute Gasteiger partial charge is 0.289 e. The second kappa shape index (κ2) is 9.06. The van der Waals surface area contributed by atoms with Gasteiger partial charge in [-0.3, -0.25) is 24.5 Å². The lowest BCUT2D eigenvalue weighted by Crippen LogP contribution is -2.46. The zero-order valence-electron chi connectivity index (χ0n) is 21.0. The molecule has 2 fully saturated rings. The van der Waals surface area contributed by atoms with E-state index in [1.807, 2.05) is 50.3 Å². The number of nitrogens with zero attached hydrogens (tertiary/aromatic N) is 3. The Balaban J connectivity index is 1.43. The lowest BCUT2D eigenvalue weighted by Gasteiger charge is -2.35. The van der Waals surface area contributed by atoms with Gasteiger partial charge in [-0.15, -0.1) is 0 Å². The van der Waals surface area contributed by atoms with Crippen LogP contribution < -0.4 is 10.2 Å². The number of nitrogens with one attached hydrogen (secondary N) is 1. The van der Waals surface area contributed by atoms with Crippen molar-refractivity contribution in [2.24, 2.45) is 11.8 Å². The van der Waals surface area contributed by atoms with E-state index in [4.69, 9.17) is 11.6 Å². The van der Waals surface area contributed by atoms with Gasteiger partial charge in [0.05, 0.1) is 28.5 Å². The van der Waals surface area contributed by atoms with Crippen molar-refractivity contribution in [2.45, 2.75) is 25.9 Å². The summed E-state index contributed by atoms with van der Waals surface area (Å²) in [4.78, 5) is 55.5. The van der Waals surface area contributed by atoms with Crippen molar-refractivity contribution >= 4 is 52.5 Å². The molecule has 1 unspecified atom stereocenters. The van der Waals surface area contributed by atoms with Crippen LogP contribution in [0, 0.1) is 35.8 Å². The Labute approximate surface area is 228 Å². The Morgan fingerprint density at radius 3 is 2.38 bits per heavy atom. The fourth-order valence-corrected chi connectivity index (χ4v) is 6.32. The second-order valence-corrected chi connectivity index (χ2v) is 10.5. The Morgan fingerprint density at radius 1 is 0.974 bits per heavy atom. The Bertz CT molecular complexity index is 1600. The number of imide groups is 1. The minimum atomic E-state index is -1.02. The van der Waals surface area contributed by atoms with Crippen LogP contribution in [0.4, 0.5) is 17.1 Å². The van der Waals surface area contributed by atoms with E-state index in [1.54, 1.807) is 23.2 Å². The van der Waals surface area contributed by atoms with Gasteiger partial charge in [0.1, 0.15) is 11.1 Å². The van der Waals surface area contributed by atoms with Gasteiger partial charge in [-0.25, -0.2) is 4.90 Å². The van der Waals surface area contributed by atoms with Crippen LogP contribution in [0.5, 0.6) is 0 Å².